The fourth-order valence-corrected chi connectivity index (χ4v) is 3.80. The maximum absolute atomic E-state index is 13.9. The van der Waals surface area contributed by atoms with Crippen LogP contribution in [0.5, 0.6) is 5.75 Å². The second-order valence-corrected chi connectivity index (χ2v) is 7.62. The van der Waals surface area contributed by atoms with Crippen molar-refractivity contribution < 1.29 is 17.5 Å². The Kier molecular flexibility index (Phi) is 4.44. The van der Waals surface area contributed by atoms with E-state index >= 15 is 0 Å². The lowest BCUT2D eigenvalue weighted by Crippen LogP contribution is -2.13. The number of sulfonamides is 1. The lowest BCUT2D eigenvalue weighted by Gasteiger charge is -2.10. The van der Waals surface area contributed by atoms with E-state index in [1.807, 2.05) is 12.3 Å². The van der Waals surface area contributed by atoms with Crippen LogP contribution in [-0.2, 0) is 10.0 Å². The van der Waals surface area contributed by atoms with Gasteiger partial charge in [-0.25, -0.2) is 22.8 Å². The summed E-state index contributed by atoms with van der Waals surface area (Å²) >= 11 is 0. The quantitative estimate of drug-likeness (QED) is 0.557. The molecule has 0 amide bonds. The first-order chi connectivity index (χ1) is 13.5. The fraction of sp³-hybridized carbons (Fsp3) is 0.0526. The largest absolute Gasteiger partial charge is 0.494 e. The van der Waals surface area contributed by atoms with Gasteiger partial charge in [-0.05, 0) is 36.4 Å². The van der Waals surface area contributed by atoms with Crippen LogP contribution in [0.3, 0.4) is 0 Å². The molecular formula is C19H15FN4O3S. The van der Waals surface area contributed by atoms with Crippen LogP contribution in [0.25, 0.3) is 17.0 Å². The second-order valence-electron chi connectivity index (χ2n) is 5.94. The Balaban J connectivity index is 1.65. The van der Waals surface area contributed by atoms with Gasteiger partial charge in [0.2, 0.25) is 5.78 Å². The number of imidazole rings is 1. The molecule has 142 valence electrons. The highest BCUT2D eigenvalue weighted by Gasteiger charge is 2.17. The Labute approximate surface area is 160 Å². The van der Waals surface area contributed by atoms with Crippen molar-refractivity contribution in [3.8, 4) is 17.0 Å². The molecule has 0 aliphatic rings. The van der Waals surface area contributed by atoms with Crippen molar-refractivity contribution in [2.45, 2.75) is 4.90 Å². The van der Waals surface area contributed by atoms with E-state index < -0.39 is 15.8 Å². The zero-order chi connectivity index (χ0) is 19.7. The number of nitrogens with one attached hydrogen (secondary N) is 1. The van der Waals surface area contributed by atoms with Crippen LogP contribution < -0.4 is 9.46 Å². The molecule has 0 saturated heterocycles. The lowest BCUT2D eigenvalue weighted by molar-refractivity contribution is 0.385. The van der Waals surface area contributed by atoms with Gasteiger partial charge in [-0.2, -0.15) is 0 Å². The van der Waals surface area contributed by atoms with E-state index in [0.29, 0.717) is 22.7 Å². The fourth-order valence-electron chi connectivity index (χ4n) is 2.74. The van der Waals surface area contributed by atoms with E-state index in [1.165, 1.54) is 19.2 Å². The molecule has 2 aromatic heterocycles. The summed E-state index contributed by atoms with van der Waals surface area (Å²) in [5.41, 5.74) is 1.69. The molecule has 2 heterocycles. The van der Waals surface area contributed by atoms with Gasteiger partial charge in [-0.1, -0.05) is 12.1 Å². The minimum absolute atomic E-state index is 0.0265. The molecule has 2 aromatic carbocycles. The molecule has 7 nitrogen and oxygen atoms in total. The summed E-state index contributed by atoms with van der Waals surface area (Å²) in [6.07, 6.45) is 5.27. The van der Waals surface area contributed by atoms with Crippen molar-refractivity contribution >= 4 is 21.5 Å². The number of anilines is 1. The smallest absolute Gasteiger partial charge is 0.262 e. The molecule has 4 rings (SSSR count). The van der Waals surface area contributed by atoms with Crippen molar-refractivity contribution in [2.75, 3.05) is 11.8 Å². The first-order valence-corrected chi connectivity index (χ1v) is 9.71. The maximum Gasteiger partial charge on any atom is 0.262 e. The third-order valence-electron chi connectivity index (χ3n) is 4.08. The summed E-state index contributed by atoms with van der Waals surface area (Å²) in [6, 6.07) is 12.0. The van der Waals surface area contributed by atoms with Crippen molar-refractivity contribution in [1.29, 1.82) is 0 Å². The number of benzene rings is 2. The van der Waals surface area contributed by atoms with Crippen LogP contribution in [0.2, 0.25) is 0 Å². The Morgan fingerprint density at radius 2 is 2.00 bits per heavy atom. The summed E-state index contributed by atoms with van der Waals surface area (Å²) < 4.78 is 48.1. The van der Waals surface area contributed by atoms with Crippen LogP contribution >= 0.6 is 0 Å². The van der Waals surface area contributed by atoms with Gasteiger partial charge in [-0.3, -0.25) is 9.12 Å². The molecule has 0 fully saturated rings. The van der Waals surface area contributed by atoms with E-state index in [1.54, 1.807) is 41.1 Å². The van der Waals surface area contributed by atoms with Crippen LogP contribution in [0.1, 0.15) is 0 Å². The zero-order valence-corrected chi connectivity index (χ0v) is 15.5. The predicted octanol–water partition coefficient (Wildman–Crippen LogP) is 3.34. The Hall–Kier alpha value is -3.46. The standard InChI is InChI=1S/C19H15FN4O3S/c1-27-18-7-6-15(11-16(18)20)28(25,26)23-14-5-2-4-13(10-14)17-12-24-9-3-8-21-19(24)22-17/h2-12,23H,1H3. The molecule has 0 radical (unpaired) electrons. The number of hydrogen-bond donors (Lipinski definition) is 1. The highest BCUT2D eigenvalue weighted by molar-refractivity contribution is 7.92. The van der Waals surface area contributed by atoms with Gasteiger partial charge in [0.15, 0.2) is 11.6 Å². The van der Waals surface area contributed by atoms with Crippen molar-refractivity contribution in [3.05, 3.63) is 72.9 Å². The van der Waals surface area contributed by atoms with Crippen LogP contribution in [0, 0.1) is 5.82 Å². The highest BCUT2D eigenvalue weighted by atomic mass is 32.2. The van der Waals surface area contributed by atoms with Gasteiger partial charge in [0, 0.05) is 29.8 Å². The van der Waals surface area contributed by atoms with E-state index in [2.05, 4.69) is 14.7 Å². The molecule has 1 N–H and O–H groups in total. The predicted molar refractivity (Wildman–Crippen MR) is 102 cm³/mol. The van der Waals surface area contributed by atoms with Gasteiger partial charge < -0.3 is 4.74 Å². The number of methoxy groups -OCH3 is 1. The van der Waals surface area contributed by atoms with E-state index in [-0.39, 0.29) is 10.6 Å². The second kappa shape index (κ2) is 6.93. The molecule has 0 bridgehead atoms. The Morgan fingerprint density at radius 3 is 2.75 bits per heavy atom. The molecule has 0 aliphatic carbocycles. The molecular weight excluding hydrogens is 383 g/mol. The minimum Gasteiger partial charge on any atom is -0.494 e. The molecule has 0 aliphatic heterocycles. The van der Waals surface area contributed by atoms with E-state index in [9.17, 15) is 12.8 Å². The van der Waals surface area contributed by atoms with Crippen LogP contribution in [0.4, 0.5) is 10.1 Å². The summed E-state index contributed by atoms with van der Waals surface area (Å²) in [5.74, 6) is -0.241. The third-order valence-corrected chi connectivity index (χ3v) is 5.46. The maximum atomic E-state index is 13.9. The number of ether oxygens (including phenoxy) is 1. The lowest BCUT2D eigenvalue weighted by atomic mass is 10.1. The molecule has 28 heavy (non-hydrogen) atoms. The number of halogens is 1. The first kappa shape index (κ1) is 17.9. The summed E-state index contributed by atoms with van der Waals surface area (Å²) in [5, 5.41) is 0. The van der Waals surface area contributed by atoms with Crippen LogP contribution in [-0.4, -0.2) is 29.9 Å². The van der Waals surface area contributed by atoms with Gasteiger partial charge in [-0.15, -0.1) is 0 Å². The third kappa shape index (κ3) is 3.39. The average Bonchev–Trinajstić information content (AvgIpc) is 3.12. The summed E-state index contributed by atoms with van der Waals surface area (Å²) in [4.78, 5) is 8.39. The van der Waals surface area contributed by atoms with Crippen molar-refractivity contribution in [1.82, 2.24) is 14.4 Å². The van der Waals surface area contributed by atoms with E-state index in [4.69, 9.17) is 4.74 Å². The minimum atomic E-state index is -3.97. The Morgan fingerprint density at radius 1 is 1.14 bits per heavy atom. The van der Waals surface area contributed by atoms with Gasteiger partial charge in [0.05, 0.1) is 17.7 Å². The van der Waals surface area contributed by atoms with Crippen molar-refractivity contribution in [2.24, 2.45) is 0 Å². The molecule has 0 atom stereocenters. The topological polar surface area (TPSA) is 85.6 Å². The van der Waals surface area contributed by atoms with Gasteiger partial charge in [0.1, 0.15) is 0 Å². The number of hydrogen-bond acceptors (Lipinski definition) is 5. The van der Waals surface area contributed by atoms with Gasteiger partial charge >= 0.3 is 0 Å². The summed E-state index contributed by atoms with van der Waals surface area (Å²) in [6.45, 7) is 0. The van der Waals surface area contributed by atoms with Gasteiger partial charge in [0.25, 0.3) is 10.0 Å². The SMILES string of the molecule is COc1ccc(S(=O)(=O)Nc2cccc(-c3cn4cccnc4n3)c2)cc1F. The first-order valence-electron chi connectivity index (χ1n) is 8.23. The highest BCUT2D eigenvalue weighted by Crippen LogP contribution is 2.25. The molecule has 0 unspecified atom stereocenters. The molecule has 0 saturated carbocycles. The monoisotopic (exact) mass is 398 g/mol. The normalized spacial score (nSPS) is 11.5. The molecule has 0 spiro atoms. The number of aromatic nitrogens is 3. The molecule has 4 aromatic rings. The molecule has 9 heteroatoms. The number of rotatable bonds is 5. The van der Waals surface area contributed by atoms with E-state index in [0.717, 1.165) is 6.07 Å². The average molecular weight is 398 g/mol. The number of nitrogens with zero attached hydrogens (tertiary/aromatic N) is 3. The zero-order valence-electron chi connectivity index (χ0n) is 14.7. The van der Waals surface area contributed by atoms with Crippen LogP contribution in [0.15, 0.2) is 72.0 Å². The Bertz CT molecular complexity index is 1240. The number of fused-ring (bicyclic) bond motifs is 1. The summed E-state index contributed by atoms with van der Waals surface area (Å²) in [7, 11) is -2.66. The van der Waals surface area contributed by atoms with Crippen molar-refractivity contribution in [3.63, 3.8) is 0 Å².